The van der Waals surface area contributed by atoms with E-state index >= 15 is 0 Å². The Morgan fingerprint density at radius 1 is 0.302 bits per heavy atom. The number of nitrogens with zero attached hydrogens (tertiary/aromatic N) is 2. The Kier molecular flexibility index (Phi) is 6.55. The highest BCUT2D eigenvalue weighted by molar-refractivity contribution is 6.20. The Labute approximate surface area is 306 Å². The molecule has 11 aromatic rings. The summed E-state index contributed by atoms with van der Waals surface area (Å²) in [5.41, 5.74) is 14.7. The maximum Gasteiger partial charge on any atom is 0.213 e. The molecule has 0 saturated heterocycles. The van der Waals surface area contributed by atoms with Gasteiger partial charge in [-0.1, -0.05) is 133 Å². The van der Waals surface area contributed by atoms with Crippen LogP contribution in [0.3, 0.4) is 0 Å². The second-order valence-electron chi connectivity index (χ2n) is 13.8. The summed E-state index contributed by atoms with van der Waals surface area (Å²) in [4.78, 5) is 0. The average molecular weight is 677 g/mol. The lowest BCUT2D eigenvalue weighted by Gasteiger charge is -2.12. The highest BCUT2D eigenvalue weighted by atomic mass is 16.3. The predicted octanol–water partition coefficient (Wildman–Crippen LogP) is 13.6. The summed E-state index contributed by atoms with van der Waals surface area (Å²) in [5, 5.41) is 5.98. The van der Waals surface area contributed by atoms with Gasteiger partial charge in [0.05, 0.1) is 21.9 Å². The molecule has 11 rings (SSSR count). The zero-order valence-electron chi connectivity index (χ0n) is 28.8. The van der Waals surface area contributed by atoms with Crippen molar-refractivity contribution >= 4 is 54.8 Å². The zero-order chi connectivity index (χ0) is 34.9. The fourth-order valence-corrected chi connectivity index (χ4v) is 8.25. The molecule has 0 aliphatic rings. The van der Waals surface area contributed by atoms with Crippen LogP contribution in [0.5, 0.6) is 0 Å². The predicted molar refractivity (Wildman–Crippen MR) is 221 cm³/mol. The van der Waals surface area contributed by atoms with Crippen LogP contribution in [0.4, 0.5) is 0 Å². The van der Waals surface area contributed by atoms with E-state index in [0.29, 0.717) is 0 Å². The third-order valence-electron chi connectivity index (χ3n) is 10.7. The number of aromatic nitrogens is 2. The van der Waals surface area contributed by atoms with Crippen LogP contribution < -0.4 is 0 Å². The molecule has 0 aliphatic carbocycles. The molecule has 0 spiro atoms. The smallest absolute Gasteiger partial charge is 0.213 e. The fraction of sp³-hybridized carbons (Fsp3) is 0. The first-order chi connectivity index (χ1) is 26.3. The molecule has 0 aliphatic heterocycles. The molecule has 248 valence electrons. The first-order valence-corrected chi connectivity index (χ1v) is 18.1. The van der Waals surface area contributed by atoms with Gasteiger partial charge >= 0.3 is 0 Å². The molecule has 3 heteroatoms. The van der Waals surface area contributed by atoms with E-state index in [-0.39, 0.29) is 0 Å². The van der Waals surface area contributed by atoms with Crippen LogP contribution in [0.1, 0.15) is 0 Å². The normalized spacial score (nSPS) is 11.8. The van der Waals surface area contributed by atoms with E-state index in [1.807, 2.05) is 12.1 Å². The van der Waals surface area contributed by atoms with E-state index in [1.165, 1.54) is 49.4 Å². The topological polar surface area (TPSA) is 23.0 Å². The van der Waals surface area contributed by atoms with Gasteiger partial charge in [0.25, 0.3) is 0 Å². The minimum Gasteiger partial charge on any atom is -0.439 e. The van der Waals surface area contributed by atoms with Crippen molar-refractivity contribution in [1.29, 1.82) is 0 Å². The van der Waals surface area contributed by atoms with E-state index in [2.05, 4.69) is 191 Å². The summed E-state index contributed by atoms with van der Waals surface area (Å²) in [6.45, 7) is 0. The Morgan fingerprint density at radius 2 is 0.811 bits per heavy atom. The lowest BCUT2D eigenvalue weighted by atomic mass is 10.0. The Balaban J connectivity index is 1.04. The van der Waals surface area contributed by atoms with Crippen LogP contribution in [-0.2, 0) is 0 Å². The average Bonchev–Trinajstić information content (AvgIpc) is 3.88. The second-order valence-corrected chi connectivity index (χ2v) is 13.8. The SMILES string of the molecule is c1ccc(-c2ccc3c(c2)c2cc(-c4ccccc4)ccc2n3-c2cccc(-c3ccc(-n4c5ccccc5c5c6ccccc6oc54)cc3)c2)cc1. The summed E-state index contributed by atoms with van der Waals surface area (Å²) in [7, 11) is 0. The zero-order valence-corrected chi connectivity index (χ0v) is 28.8. The number of hydrogen-bond acceptors (Lipinski definition) is 1. The van der Waals surface area contributed by atoms with E-state index in [0.717, 1.165) is 50.1 Å². The molecule has 3 aromatic heterocycles. The third kappa shape index (κ3) is 4.68. The molecule has 8 aromatic carbocycles. The van der Waals surface area contributed by atoms with Crippen LogP contribution in [0.25, 0.3) is 99.5 Å². The summed E-state index contributed by atoms with van der Waals surface area (Å²) < 4.78 is 11.1. The molecule has 3 nitrogen and oxygen atoms in total. The van der Waals surface area contributed by atoms with Gasteiger partial charge in [-0.15, -0.1) is 0 Å². The molecule has 0 radical (unpaired) electrons. The van der Waals surface area contributed by atoms with Crippen molar-refractivity contribution in [3.8, 4) is 44.8 Å². The van der Waals surface area contributed by atoms with Crippen LogP contribution in [0.15, 0.2) is 199 Å². The minimum atomic E-state index is 0.874. The quantitative estimate of drug-likeness (QED) is 0.178. The van der Waals surface area contributed by atoms with Gasteiger partial charge in [-0.25, -0.2) is 0 Å². The first kappa shape index (κ1) is 29.6. The van der Waals surface area contributed by atoms with Crippen LogP contribution in [0.2, 0.25) is 0 Å². The molecule has 0 saturated carbocycles. The molecule has 53 heavy (non-hydrogen) atoms. The van der Waals surface area contributed by atoms with Crippen LogP contribution in [0, 0.1) is 0 Å². The molecular weight excluding hydrogens is 645 g/mol. The van der Waals surface area contributed by atoms with Crippen molar-refractivity contribution in [3.63, 3.8) is 0 Å². The molecule has 3 heterocycles. The Hall–Kier alpha value is -7.10. The van der Waals surface area contributed by atoms with Gasteiger partial charge in [-0.2, -0.15) is 0 Å². The molecule has 0 unspecified atom stereocenters. The van der Waals surface area contributed by atoms with Gasteiger partial charge in [0.15, 0.2) is 0 Å². The maximum atomic E-state index is 6.49. The molecule has 0 N–H and O–H groups in total. The maximum absolute atomic E-state index is 6.49. The van der Waals surface area contributed by atoms with Crippen LogP contribution >= 0.6 is 0 Å². The summed E-state index contributed by atoms with van der Waals surface area (Å²) in [6, 6.07) is 69.7. The van der Waals surface area contributed by atoms with Crippen molar-refractivity contribution in [1.82, 2.24) is 9.13 Å². The standard InChI is InChI=1S/C50H32N2O/c1-3-12-33(13-4-1)37-24-28-46-43(31-37)44-32-38(34-14-5-2-6-15-34)25-29-47(44)51(46)40-17-11-16-36(30-40)35-22-26-39(27-23-35)52-45-20-9-7-18-41(45)49-42-19-8-10-21-48(42)53-50(49)52/h1-32H. The lowest BCUT2D eigenvalue weighted by Crippen LogP contribution is -1.95. The molecular formula is C50H32N2O. The van der Waals surface area contributed by atoms with E-state index in [1.54, 1.807) is 0 Å². The van der Waals surface area contributed by atoms with Crippen molar-refractivity contribution in [2.45, 2.75) is 0 Å². The van der Waals surface area contributed by atoms with Crippen molar-refractivity contribution < 1.29 is 4.42 Å². The van der Waals surface area contributed by atoms with Gasteiger partial charge < -0.3 is 8.98 Å². The minimum absolute atomic E-state index is 0.874. The third-order valence-corrected chi connectivity index (χ3v) is 10.7. The molecule has 0 atom stereocenters. The lowest BCUT2D eigenvalue weighted by molar-refractivity contribution is 0.645. The van der Waals surface area contributed by atoms with Crippen LogP contribution in [-0.4, -0.2) is 9.13 Å². The number of para-hydroxylation sites is 2. The number of benzene rings is 8. The highest BCUT2D eigenvalue weighted by Gasteiger charge is 2.19. The van der Waals surface area contributed by atoms with Crippen molar-refractivity contribution in [2.75, 3.05) is 0 Å². The molecule has 0 bridgehead atoms. The molecule has 0 amide bonds. The number of fused-ring (bicyclic) bond motifs is 8. The van der Waals surface area contributed by atoms with E-state index in [9.17, 15) is 0 Å². The van der Waals surface area contributed by atoms with Gasteiger partial charge in [0.1, 0.15) is 5.58 Å². The van der Waals surface area contributed by atoms with E-state index in [4.69, 9.17) is 4.42 Å². The fourth-order valence-electron chi connectivity index (χ4n) is 8.25. The van der Waals surface area contributed by atoms with Crippen molar-refractivity contribution in [2.24, 2.45) is 0 Å². The number of rotatable bonds is 5. The molecule has 0 fully saturated rings. The summed E-state index contributed by atoms with van der Waals surface area (Å²) in [6.07, 6.45) is 0. The van der Waals surface area contributed by atoms with Gasteiger partial charge in [0.2, 0.25) is 5.71 Å². The van der Waals surface area contributed by atoms with Gasteiger partial charge in [-0.05, 0) is 94.0 Å². The monoisotopic (exact) mass is 676 g/mol. The second kappa shape index (κ2) is 11.7. The Bertz CT molecular complexity index is 3050. The van der Waals surface area contributed by atoms with E-state index < -0.39 is 0 Å². The van der Waals surface area contributed by atoms with Gasteiger partial charge in [-0.3, -0.25) is 4.57 Å². The highest BCUT2D eigenvalue weighted by Crippen LogP contribution is 2.40. The van der Waals surface area contributed by atoms with Gasteiger partial charge in [0, 0.05) is 32.9 Å². The summed E-state index contributed by atoms with van der Waals surface area (Å²) in [5.74, 6) is 0. The Morgan fingerprint density at radius 3 is 1.49 bits per heavy atom. The first-order valence-electron chi connectivity index (χ1n) is 18.1. The largest absolute Gasteiger partial charge is 0.439 e. The van der Waals surface area contributed by atoms with Crippen molar-refractivity contribution in [3.05, 3.63) is 194 Å². The number of furan rings is 1. The number of hydrogen-bond donors (Lipinski definition) is 0. The summed E-state index contributed by atoms with van der Waals surface area (Å²) >= 11 is 0.